The molecule has 2 heterocycles. The molecule has 5 heteroatoms. The lowest BCUT2D eigenvalue weighted by Gasteiger charge is -2.37. The average Bonchev–Trinajstić information content (AvgIpc) is 2.69. The molecule has 0 unspecified atom stereocenters. The van der Waals surface area contributed by atoms with Crippen molar-refractivity contribution < 1.29 is 4.79 Å². The summed E-state index contributed by atoms with van der Waals surface area (Å²) in [5.74, 6) is 0.0162. The van der Waals surface area contributed by atoms with Crippen LogP contribution < -0.4 is 15.1 Å². The first-order chi connectivity index (χ1) is 12.3. The lowest BCUT2D eigenvalue weighted by Crippen LogP contribution is -2.46. The number of anilines is 2. The van der Waals surface area contributed by atoms with Gasteiger partial charge in [0.05, 0.1) is 0 Å². The molecule has 25 heavy (non-hydrogen) atoms. The summed E-state index contributed by atoms with van der Waals surface area (Å²) in [7, 11) is 0. The number of amides is 1. The second kappa shape index (κ2) is 8.51. The molecule has 1 aromatic carbocycles. The quantitative estimate of drug-likeness (QED) is 0.823. The van der Waals surface area contributed by atoms with Crippen molar-refractivity contribution in [1.29, 1.82) is 0 Å². The van der Waals surface area contributed by atoms with E-state index in [-0.39, 0.29) is 5.91 Å². The molecule has 3 rings (SSSR count). The highest BCUT2D eigenvalue weighted by molar-refractivity contribution is 5.94. The molecule has 1 aliphatic heterocycles. The van der Waals surface area contributed by atoms with Crippen LogP contribution in [0.15, 0.2) is 48.8 Å². The van der Waals surface area contributed by atoms with Crippen LogP contribution in [0, 0.1) is 0 Å². The largest absolute Gasteiger partial charge is 0.368 e. The molecule has 1 saturated heterocycles. The molecular formula is C20H26N4O. The van der Waals surface area contributed by atoms with Crippen LogP contribution in [-0.2, 0) is 0 Å². The van der Waals surface area contributed by atoms with E-state index in [1.807, 2.05) is 24.5 Å². The number of aromatic nitrogens is 1. The minimum Gasteiger partial charge on any atom is -0.368 e. The summed E-state index contributed by atoms with van der Waals surface area (Å²) in [6, 6.07) is 12.1. The minimum absolute atomic E-state index is 0.0162. The summed E-state index contributed by atoms with van der Waals surface area (Å²) in [4.78, 5) is 20.9. The highest BCUT2D eigenvalue weighted by Crippen LogP contribution is 2.20. The summed E-state index contributed by atoms with van der Waals surface area (Å²) in [6.45, 7) is 6.80. The van der Waals surface area contributed by atoms with Gasteiger partial charge in [0.25, 0.3) is 5.91 Å². The lowest BCUT2D eigenvalue weighted by atomic mass is 10.1. The van der Waals surface area contributed by atoms with Gasteiger partial charge >= 0.3 is 0 Å². The SMILES string of the molecule is CCCCNC(=O)c1ccc(N2CCN(c3ccncc3)CC2)cc1. The van der Waals surface area contributed by atoms with Gasteiger partial charge in [-0.05, 0) is 42.8 Å². The van der Waals surface area contributed by atoms with Crippen LogP contribution in [0.2, 0.25) is 0 Å². The van der Waals surface area contributed by atoms with E-state index in [1.165, 1.54) is 11.4 Å². The molecule has 0 radical (unpaired) electrons. The van der Waals surface area contributed by atoms with Crippen LogP contribution in [0.1, 0.15) is 30.1 Å². The molecule has 0 bridgehead atoms. The van der Waals surface area contributed by atoms with Crippen LogP contribution in [-0.4, -0.2) is 43.6 Å². The number of piperazine rings is 1. The topological polar surface area (TPSA) is 48.5 Å². The Morgan fingerprint density at radius 2 is 1.52 bits per heavy atom. The molecule has 1 fully saturated rings. The number of nitrogens with zero attached hydrogens (tertiary/aromatic N) is 3. The molecule has 0 spiro atoms. The van der Waals surface area contributed by atoms with E-state index in [4.69, 9.17) is 0 Å². The molecule has 0 saturated carbocycles. The molecular weight excluding hydrogens is 312 g/mol. The number of hydrogen-bond acceptors (Lipinski definition) is 4. The second-order valence-electron chi connectivity index (χ2n) is 6.34. The Labute approximate surface area is 149 Å². The molecule has 1 N–H and O–H groups in total. The van der Waals surface area contributed by atoms with Crippen molar-refractivity contribution in [3.63, 3.8) is 0 Å². The van der Waals surface area contributed by atoms with E-state index in [2.05, 4.69) is 51.3 Å². The van der Waals surface area contributed by atoms with Gasteiger partial charge in [-0.3, -0.25) is 9.78 Å². The molecule has 1 aliphatic rings. The highest BCUT2D eigenvalue weighted by atomic mass is 16.1. The Morgan fingerprint density at radius 1 is 0.960 bits per heavy atom. The maximum Gasteiger partial charge on any atom is 0.251 e. The fraction of sp³-hybridized carbons (Fsp3) is 0.400. The van der Waals surface area contributed by atoms with Gasteiger partial charge in [-0.25, -0.2) is 0 Å². The average molecular weight is 338 g/mol. The molecule has 1 amide bonds. The molecule has 0 aliphatic carbocycles. The van der Waals surface area contributed by atoms with E-state index >= 15 is 0 Å². The third kappa shape index (κ3) is 4.50. The third-order valence-corrected chi connectivity index (χ3v) is 4.62. The Kier molecular flexibility index (Phi) is 5.88. The number of carbonyl (C=O) groups is 1. The predicted molar refractivity (Wildman–Crippen MR) is 102 cm³/mol. The predicted octanol–water partition coefficient (Wildman–Crippen LogP) is 2.94. The third-order valence-electron chi connectivity index (χ3n) is 4.62. The van der Waals surface area contributed by atoms with E-state index in [9.17, 15) is 4.79 Å². The van der Waals surface area contributed by atoms with Gasteiger partial charge < -0.3 is 15.1 Å². The number of carbonyl (C=O) groups excluding carboxylic acids is 1. The minimum atomic E-state index is 0.0162. The van der Waals surface area contributed by atoms with Crippen LogP contribution in [0.25, 0.3) is 0 Å². The molecule has 132 valence electrons. The van der Waals surface area contributed by atoms with Gasteiger partial charge in [0.2, 0.25) is 0 Å². The first kappa shape index (κ1) is 17.3. The summed E-state index contributed by atoms with van der Waals surface area (Å²) < 4.78 is 0. The van der Waals surface area contributed by atoms with Gasteiger partial charge in [0.1, 0.15) is 0 Å². The monoisotopic (exact) mass is 338 g/mol. The molecule has 0 atom stereocenters. The van der Waals surface area contributed by atoms with E-state index in [0.29, 0.717) is 0 Å². The van der Waals surface area contributed by atoms with Gasteiger partial charge in [-0.2, -0.15) is 0 Å². The number of unbranched alkanes of at least 4 members (excludes halogenated alkanes) is 1. The van der Waals surface area contributed by atoms with Gasteiger partial charge in [0.15, 0.2) is 0 Å². The van der Waals surface area contributed by atoms with Crippen LogP contribution in [0.4, 0.5) is 11.4 Å². The molecule has 2 aromatic rings. The fourth-order valence-corrected chi connectivity index (χ4v) is 3.08. The van der Waals surface area contributed by atoms with Crippen molar-refractivity contribution in [3.8, 4) is 0 Å². The molecule has 5 nitrogen and oxygen atoms in total. The summed E-state index contributed by atoms with van der Waals surface area (Å²) in [6.07, 6.45) is 5.79. The second-order valence-corrected chi connectivity index (χ2v) is 6.34. The Morgan fingerprint density at radius 3 is 2.08 bits per heavy atom. The van der Waals surface area contributed by atoms with Gasteiger partial charge in [-0.15, -0.1) is 0 Å². The van der Waals surface area contributed by atoms with Crippen LogP contribution >= 0.6 is 0 Å². The first-order valence-electron chi connectivity index (χ1n) is 9.06. The zero-order valence-electron chi connectivity index (χ0n) is 14.8. The maximum absolute atomic E-state index is 12.1. The van der Waals surface area contributed by atoms with Crippen molar-refractivity contribution in [2.45, 2.75) is 19.8 Å². The van der Waals surface area contributed by atoms with Crippen molar-refractivity contribution in [3.05, 3.63) is 54.4 Å². The maximum atomic E-state index is 12.1. The van der Waals surface area contributed by atoms with Crippen LogP contribution in [0.5, 0.6) is 0 Å². The summed E-state index contributed by atoms with van der Waals surface area (Å²) in [5.41, 5.74) is 3.14. The van der Waals surface area contributed by atoms with Crippen LogP contribution in [0.3, 0.4) is 0 Å². The van der Waals surface area contributed by atoms with E-state index < -0.39 is 0 Å². The van der Waals surface area contributed by atoms with Crippen molar-refractivity contribution in [2.75, 3.05) is 42.5 Å². The zero-order chi connectivity index (χ0) is 17.5. The lowest BCUT2D eigenvalue weighted by molar-refractivity contribution is 0.0953. The smallest absolute Gasteiger partial charge is 0.251 e. The standard InChI is InChI=1S/C20H26N4O/c1-2-3-10-22-20(25)17-4-6-18(7-5-17)23-13-15-24(16-14-23)19-8-11-21-12-9-19/h4-9,11-12H,2-3,10,13-16H2,1H3,(H,22,25). The normalized spacial score (nSPS) is 14.4. The highest BCUT2D eigenvalue weighted by Gasteiger charge is 2.17. The van der Waals surface area contributed by atoms with Gasteiger partial charge in [-0.1, -0.05) is 13.3 Å². The molecule has 1 aromatic heterocycles. The van der Waals surface area contributed by atoms with Gasteiger partial charge in [0, 0.05) is 62.1 Å². The first-order valence-corrected chi connectivity index (χ1v) is 9.06. The number of pyridine rings is 1. The summed E-state index contributed by atoms with van der Waals surface area (Å²) in [5, 5.41) is 2.96. The number of hydrogen-bond donors (Lipinski definition) is 1. The van der Waals surface area contributed by atoms with E-state index in [1.54, 1.807) is 0 Å². The number of nitrogens with one attached hydrogen (secondary N) is 1. The Balaban J connectivity index is 1.54. The number of benzene rings is 1. The summed E-state index contributed by atoms with van der Waals surface area (Å²) >= 11 is 0. The zero-order valence-corrected chi connectivity index (χ0v) is 14.8. The van der Waals surface area contributed by atoms with Crippen molar-refractivity contribution in [1.82, 2.24) is 10.3 Å². The Bertz CT molecular complexity index is 664. The fourth-order valence-electron chi connectivity index (χ4n) is 3.08. The number of rotatable bonds is 6. The van der Waals surface area contributed by atoms with Crippen molar-refractivity contribution in [2.24, 2.45) is 0 Å². The van der Waals surface area contributed by atoms with E-state index in [0.717, 1.165) is 51.1 Å². The Hall–Kier alpha value is -2.56. The van der Waals surface area contributed by atoms with Crippen molar-refractivity contribution >= 4 is 17.3 Å².